The van der Waals surface area contributed by atoms with Gasteiger partial charge in [-0.15, -0.1) is 0 Å². The van der Waals surface area contributed by atoms with Crippen molar-refractivity contribution in [3.05, 3.63) is 75.0 Å². The quantitative estimate of drug-likeness (QED) is 0.163. The average Bonchev–Trinajstić information content (AvgIpc) is 2.87. The number of nitrogens with zero attached hydrogens (tertiary/aromatic N) is 1. The van der Waals surface area contributed by atoms with E-state index >= 15 is 0 Å². The van der Waals surface area contributed by atoms with Crippen LogP contribution >= 0.6 is 0 Å². The van der Waals surface area contributed by atoms with Crippen LogP contribution in [0.5, 0.6) is 5.75 Å². The third kappa shape index (κ3) is 9.16. The molecule has 16 heteroatoms. The van der Waals surface area contributed by atoms with Gasteiger partial charge >= 0.3 is 17.9 Å². The van der Waals surface area contributed by atoms with Crippen LogP contribution in [-0.2, 0) is 20.9 Å². The molecule has 0 fully saturated rings. The number of halogens is 3. The molecule has 2 aromatic rings. The van der Waals surface area contributed by atoms with E-state index in [0.29, 0.717) is 12.1 Å². The Bertz CT molecular complexity index is 1320. The van der Waals surface area contributed by atoms with Crippen molar-refractivity contribution in [2.45, 2.75) is 32.5 Å². The zero-order valence-corrected chi connectivity index (χ0v) is 21.7. The standard InChI is InChI=1S/C22H25F3N4O5.C2H2O4/c1-11(26)5-6-12(2)28-29-10-15(19(30)20(33-3)18(29)22(32)34-4)21(31)27-9-14-16(24)7-13(23)8-17(14)25;3-1(4)2(5)6/h5-8,10-12,28H,9,26H2,1-4H3,(H,27,31);(H,3,4)(H,5,6)/b6-5-;/t11-,12+;/m0./s1. The van der Waals surface area contributed by atoms with Crippen LogP contribution in [0.3, 0.4) is 0 Å². The highest BCUT2D eigenvalue weighted by atomic mass is 19.1. The summed E-state index contributed by atoms with van der Waals surface area (Å²) in [4.78, 5) is 56.1. The molecular weight excluding hydrogens is 545 g/mol. The highest BCUT2D eigenvalue weighted by Crippen LogP contribution is 2.17. The number of benzene rings is 1. The van der Waals surface area contributed by atoms with Gasteiger partial charge in [0.2, 0.25) is 5.43 Å². The Morgan fingerprint density at radius 2 is 1.60 bits per heavy atom. The van der Waals surface area contributed by atoms with E-state index in [2.05, 4.69) is 10.7 Å². The lowest BCUT2D eigenvalue weighted by atomic mass is 10.1. The van der Waals surface area contributed by atoms with Crippen molar-refractivity contribution in [3.8, 4) is 5.75 Å². The number of hydrogen-bond acceptors (Lipinski definition) is 9. The minimum atomic E-state index is -1.82. The average molecular weight is 572 g/mol. The van der Waals surface area contributed by atoms with Gasteiger partial charge in [-0.05, 0) is 13.8 Å². The summed E-state index contributed by atoms with van der Waals surface area (Å²) in [6, 6.07) is 0.251. The van der Waals surface area contributed by atoms with E-state index in [1.165, 1.54) is 0 Å². The number of carboxylic acid groups (broad SMARTS) is 2. The number of hydrogen-bond donors (Lipinski definition) is 5. The van der Waals surface area contributed by atoms with Gasteiger partial charge in [0.15, 0.2) is 11.4 Å². The monoisotopic (exact) mass is 572 g/mol. The number of pyridine rings is 1. The van der Waals surface area contributed by atoms with Gasteiger partial charge in [0.1, 0.15) is 23.0 Å². The number of nitrogens with two attached hydrogens (primary N) is 1. The van der Waals surface area contributed by atoms with E-state index in [4.69, 9.17) is 35.0 Å². The fraction of sp³-hybridized carbons (Fsp3) is 0.292. The molecule has 40 heavy (non-hydrogen) atoms. The van der Waals surface area contributed by atoms with Crippen molar-refractivity contribution in [2.24, 2.45) is 5.73 Å². The van der Waals surface area contributed by atoms with Crippen molar-refractivity contribution in [2.75, 3.05) is 19.6 Å². The summed E-state index contributed by atoms with van der Waals surface area (Å²) >= 11 is 0. The van der Waals surface area contributed by atoms with Gasteiger partial charge in [-0.25, -0.2) is 27.6 Å². The number of esters is 1. The van der Waals surface area contributed by atoms with Gasteiger partial charge in [-0.1, -0.05) is 12.2 Å². The molecule has 0 aliphatic heterocycles. The number of amides is 1. The van der Waals surface area contributed by atoms with Gasteiger partial charge < -0.3 is 36.2 Å². The second kappa shape index (κ2) is 14.9. The number of methoxy groups -OCH3 is 2. The van der Waals surface area contributed by atoms with Crippen LogP contribution in [0.15, 0.2) is 35.3 Å². The SMILES string of the molecule is COC(=O)c1c(OC)c(=O)c(C(=O)NCc2c(F)cc(F)cc2F)cn1N[C@H](C)/C=C\[C@H](C)N.O=C(O)C(=O)O. The Balaban J connectivity index is 0.00000120. The zero-order valence-electron chi connectivity index (χ0n) is 21.7. The largest absolute Gasteiger partial charge is 0.490 e. The maximum atomic E-state index is 13.9. The number of aliphatic carboxylic acids is 2. The van der Waals surface area contributed by atoms with Crippen LogP contribution in [0, 0.1) is 17.5 Å². The first-order valence-electron chi connectivity index (χ1n) is 11.1. The van der Waals surface area contributed by atoms with Gasteiger partial charge in [0.25, 0.3) is 5.91 Å². The predicted octanol–water partition coefficient (Wildman–Crippen LogP) is 0.982. The summed E-state index contributed by atoms with van der Waals surface area (Å²) in [6.07, 6.45) is 4.41. The van der Waals surface area contributed by atoms with Crippen molar-refractivity contribution < 1.29 is 52.0 Å². The molecule has 218 valence electrons. The molecule has 1 aromatic heterocycles. The van der Waals surface area contributed by atoms with Gasteiger partial charge in [0, 0.05) is 36.5 Å². The first kappa shape index (κ1) is 33.2. The van der Waals surface area contributed by atoms with Gasteiger partial charge in [-0.2, -0.15) is 0 Å². The Morgan fingerprint density at radius 3 is 2.05 bits per heavy atom. The molecule has 0 bridgehead atoms. The molecule has 1 heterocycles. The molecule has 0 radical (unpaired) electrons. The molecule has 6 N–H and O–H groups in total. The number of ether oxygens (including phenoxy) is 2. The van der Waals surface area contributed by atoms with Crippen LogP contribution in [0.1, 0.15) is 40.3 Å². The third-order valence-corrected chi connectivity index (χ3v) is 4.75. The van der Waals surface area contributed by atoms with Crippen molar-refractivity contribution in [1.29, 1.82) is 0 Å². The number of rotatable bonds is 9. The summed E-state index contributed by atoms with van der Waals surface area (Å²) in [5, 5.41) is 17.0. The summed E-state index contributed by atoms with van der Waals surface area (Å²) in [5.41, 5.74) is 6.21. The minimum Gasteiger partial charge on any atom is -0.490 e. The molecule has 2 rings (SSSR count). The van der Waals surface area contributed by atoms with Crippen LogP contribution in [-0.4, -0.2) is 65.0 Å². The lowest BCUT2D eigenvalue weighted by Gasteiger charge is -2.21. The number of carbonyl (C=O) groups excluding carboxylic acids is 2. The second-order valence-corrected chi connectivity index (χ2v) is 7.92. The van der Waals surface area contributed by atoms with Crippen LogP contribution < -0.4 is 26.6 Å². The highest BCUT2D eigenvalue weighted by Gasteiger charge is 2.26. The third-order valence-electron chi connectivity index (χ3n) is 4.75. The van der Waals surface area contributed by atoms with Crippen LogP contribution in [0.4, 0.5) is 13.2 Å². The first-order chi connectivity index (χ1) is 18.6. The number of nitrogens with one attached hydrogen (secondary N) is 2. The van der Waals surface area contributed by atoms with E-state index in [0.717, 1.165) is 25.1 Å². The summed E-state index contributed by atoms with van der Waals surface area (Å²) in [6.45, 7) is 2.79. The molecule has 0 aliphatic rings. The molecule has 13 nitrogen and oxygen atoms in total. The predicted molar refractivity (Wildman–Crippen MR) is 133 cm³/mol. The fourth-order valence-corrected chi connectivity index (χ4v) is 2.94. The molecule has 0 saturated carbocycles. The Labute approximate surface area is 225 Å². The minimum absolute atomic E-state index is 0.249. The maximum absolute atomic E-state index is 13.9. The molecule has 1 aromatic carbocycles. The van der Waals surface area contributed by atoms with E-state index in [1.807, 2.05) is 0 Å². The smallest absolute Gasteiger partial charge is 0.414 e. The molecular formula is C24H27F3N4O9. The lowest BCUT2D eigenvalue weighted by Crippen LogP contribution is -2.36. The maximum Gasteiger partial charge on any atom is 0.414 e. The number of carbonyl (C=O) groups is 4. The Kier molecular flexibility index (Phi) is 12.4. The van der Waals surface area contributed by atoms with Gasteiger partial charge in [-0.3, -0.25) is 14.3 Å². The molecule has 1 amide bonds. The molecule has 2 atom stereocenters. The van der Waals surface area contributed by atoms with Crippen molar-refractivity contribution >= 4 is 23.8 Å². The van der Waals surface area contributed by atoms with Crippen LogP contribution in [0.2, 0.25) is 0 Å². The van der Waals surface area contributed by atoms with E-state index in [1.54, 1.807) is 26.0 Å². The zero-order chi connectivity index (χ0) is 30.7. The molecule has 0 spiro atoms. The summed E-state index contributed by atoms with van der Waals surface area (Å²) in [5.74, 6) is -9.60. The molecule has 0 saturated heterocycles. The summed E-state index contributed by atoms with van der Waals surface area (Å²) < 4.78 is 51.8. The molecule has 0 unspecified atom stereocenters. The number of aromatic nitrogens is 1. The summed E-state index contributed by atoms with van der Waals surface area (Å²) in [7, 11) is 2.22. The van der Waals surface area contributed by atoms with Gasteiger partial charge in [0.05, 0.1) is 20.3 Å². The lowest BCUT2D eigenvalue weighted by molar-refractivity contribution is -0.159. The van der Waals surface area contributed by atoms with Crippen molar-refractivity contribution in [3.63, 3.8) is 0 Å². The van der Waals surface area contributed by atoms with E-state index < -0.39 is 76.2 Å². The van der Waals surface area contributed by atoms with E-state index in [-0.39, 0.29) is 11.7 Å². The van der Waals surface area contributed by atoms with Crippen LogP contribution in [0.25, 0.3) is 0 Å². The Hall–Kier alpha value is -4.86. The van der Waals surface area contributed by atoms with Crippen molar-refractivity contribution in [1.82, 2.24) is 9.99 Å². The normalized spacial score (nSPS) is 12.0. The second-order valence-electron chi connectivity index (χ2n) is 7.92. The molecule has 0 aliphatic carbocycles. The number of carboxylic acids is 2. The fourth-order valence-electron chi connectivity index (χ4n) is 2.94. The first-order valence-corrected chi connectivity index (χ1v) is 11.1. The highest BCUT2D eigenvalue weighted by molar-refractivity contribution is 6.27. The van der Waals surface area contributed by atoms with E-state index in [9.17, 15) is 27.6 Å². The Morgan fingerprint density at radius 1 is 1.05 bits per heavy atom. The topological polar surface area (TPSA) is 199 Å².